The molecule has 0 bridgehead atoms. The summed E-state index contributed by atoms with van der Waals surface area (Å²) in [5.74, 6) is 1.38. The van der Waals surface area contributed by atoms with Crippen LogP contribution in [0.15, 0.2) is 48.5 Å². The number of hydrogen-bond donors (Lipinski definition) is 0. The molecule has 0 saturated carbocycles. The number of halogens is 1. The summed E-state index contributed by atoms with van der Waals surface area (Å²) >= 11 is 5.87. The first-order valence-corrected chi connectivity index (χ1v) is 8.21. The molecule has 1 amide bonds. The van der Waals surface area contributed by atoms with E-state index in [1.54, 1.807) is 43.3 Å². The largest absolute Gasteiger partial charge is 0.497 e. The van der Waals surface area contributed by atoms with Gasteiger partial charge in [0.2, 0.25) is 0 Å². The Bertz CT molecular complexity index is 655. The molecule has 0 aromatic heterocycles. The van der Waals surface area contributed by atoms with Gasteiger partial charge in [-0.2, -0.15) is 0 Å². The molecule has 2 aromatic carbocycles. The lowest BCUT2D eigenvalue weighted by Gasteiger charge is -2.24. The summed E-state index contributed by atoms with van der Waals surface area (Å²) in [4.78, 5) is 14.3. The Labute approximate surface area is 147 Å². The number of carbonyl (C=O) groups is 1. The van der Waals surface area contributed by atoms with E-state index < -0.39 is 6.10 Å². The highest BCUT2D eigenvalue weighted by Crippen LogP contribution is 2.19. The number of rotatable bonds is 7. The van der Waals surface area contributed by atoms with Gasteiger partial charge in [0.05, 0.1) is 7.11 Å². The average Bonchev–Trinajstić information content (AvgIpc) is 2.61. The number of hydrogen-bond acceptors (Lipinski definition) is 3. The molecule has 0 N–H and O–H groups in total. The number of nitrogens with zero attached hydrogens (tertiary/aromatic N) is 1. The topological polar surface area (TPSA) is 38.8 Å². The van der Waals surface area contributed by atoms with Crippen LogP contribution in [-0.2, 0) is 11.3 Å². The average molecular weight is 348 g/mol. The van der Waals surface area contributed by atoms with Crippen LogP contribution >= 0.6 is 11.6 Å². The summed E-state index contributed by atoms with van der Waals surface area (Å²) in [5.41, 5.74) is 1.04. The molecule has 0 spiro atoms. The van der Waals surface area contributed by atoms with Gasteiger partial charge < -0.3 is 14.4 Å². The monoisotopic (exact) mass is 347 g/mol. The summed E-state index contributed by atoms with van der Waals surface area (Å²) in [6.45, 7) is 2.45. The van der Waals surface area contributed by atoms with E-state index in [-0.39, 0.29) is 5.91 Å². The summed E-state index contributed by atoms with van der Waals surface area (Å²) in [6.07, 6.45) is 0.0726. The Balaban J connectivity index is 1.99. The van der Waals surface area contributed by atoms with Gasteiger partial charge in [0.1, 0.15) is 11.5 Å². The lowest BCUT2D eigenvalue weighted by Crippen LogP contribution is -2.39. The zero-order valence-electron chi connectivity index (χ0n) is 14.2. The maximum absolute atomic E-state index is 12.6. The van der Waals surface area contributed by atoms with Crippen molar-refractivity contribution < 1.29 is 14.3 Å². The number of ether oxygens (including phenoxy) is 2. The molecule has 0 aliphatic rings. The SMILES string of the molecule is CC[C@@H](Oc1ccc(Cl)cc1)C(=O)N(C)Cc1ccc(OC)cc1. The van der Waals surface area contributed by atoms with E-state index in [0.29, 0.717) is 23.7 Å². The predicted molar refractivity (Wildman–Crippen MR) is 95.6 cm³/mol. The standard InChI is InChI=1S/C19H22ClNO3/c1-4-18(24-17-11-7-15(20)8-12-17)19(22)21(2)13-14-5-9-16(23-3)10-6-14/h5-12,18H,4,13H2,1-3H3/t18-/m1/s1. The van der Waals surface area contributed by atoms with E-state index in [2.05, 4.69) is 0 Å². The summed E-state index contributed by atoms with van der Waals surface area (Å²) in [6, 6.07) is 14.7. The molecule has 2 rings (SSSR count). The molecule has 4 nitrogen and oxygen atoms in total. The van der Waals surface area contributed by atoms with Crippen molar-refractivity contribution in [3.63, 3.8) is 0 Å². The van der Waals surface area contributed by atoms with E-state index in [1.807, 2.05) is 31.2 Å². The Morgan fingerprint density at radius 3 is 2.21 bits per heavy atom. The predicted octanol–water partition coefficient (Wildman–Crippen LogP) is 4.16. The van der Waals surface area contributed by atoms with Crippen molar-refractivity contribution in [1.29, 1.82) is 0 Å². The van der Waals surface area contributed by atoms with Gasteiger partial charge in [-0.3, -0.25) is 4.79 Å². The third-order valence-corrected chi connectivity index (χ3v) is 3.95. The van der Waals surface area contributed by atoms with E-state index in [9.17, 15) is 4.79 Å². The lowest BCUT2D eigenvalue weighted by molar-refractivity contribution is -0.138. The highest BCUT2D eigenvalue weighted by Gasteiger charge is 2.22. The van der Waals surface area contributed by atoms with Gasteiger partial charge in [-0.1, -0.05) is 30.7 Å². The maximum Gasteiger partial charge on any atom is 0.263 e. The van der Waals surface area contributed by atoms with Crippen LogP contribution in [0.2, 0.25) is 5.02 Å². The van der Waals surface area contributed by atoms with Gasteiger partial charge in [0.25, 0.3) is 5.91 Å². The molecule has 1 atom stereocenters. The Hall–Kier alpha value is -2.20. The van der Waals surface area contributed by atoms with Crippen LogP contribution in [0, 0.1) is 0 Å². The number of benzene rings is 2. The van der Waals surface area contributed by atoms with Crippen molar-refractivity contribution in [3.8, 4) is 11.5 Å². The first-order valence-electron chi connectivity index (χ1n) is 7.83. The molecule has 2 aromatic rings. The molecular formula is C19H22ClNO3. The van der Waals surface area contributed by atoms with Crippen LogP contribution in [0.3, 0.4) is 0 Å². The highest BCUT2D eigenvalue weighted by atomic mass is 35.5. The molecule has 24 heavy (non-hydrogen) atoms. The van der Waals surface area contributed by atoms with E-state index in [1.165, 1.54) is 0 Å². The number of likely N-dealkylation sites (N-methyl/N-ethyl adjacent to an activating group) is 1. The summed E-state index contributed by atoms with van der Waals surface area (Å²) in [5, 5.41) is 0.637. The molecule has 0 fully saturated rings. The van der Waals surface area contributed by atoms with Crippen LogP contribution in [0.25, 0.3) is 0 Å². The van der Waals surface area contributed by atoms with Gasteiger partial charge in [-0.15, -0.1) is 0 Å². The second-order valence-corrected chi connectivity index (χ2v) is 5.95. The van der Waals surface area contributed by atoms with Gasteiger partial charge in [-0.25, -0.2) is 0 Å². The minimum absolute atomic E-state index is 0.0525. The van der Waals surface area contributed by atoms with E-state index in [4.69, 9.17) is 21.1 Å². The molecule has 0 saturated heterocycles. The fourth-order valence-electron chi connectivity index (χ4n) is 2.31. The molecule has 5 heteroatoms. The molecule has 0 aliphatic heterocycles. The van der Waals surface area contributed by atoms with Crippen LogP contribution in [0.5, 0.6) is 11.5 Å². The third-order valence-electron chi connectivity index (χ3n) is 3.69. The Morgan fingerprint density at radius 2 is 1.67 bits per heavy atom. The van der Waals surface area contributed by atoms with Gasteiger partial charge >= 0.3 is 0 Å². The van der Waals surface area contributed by atoms with E-state index >= 15 is 0 Å². The van der Waals surface area contributed by atoms with Crippen LogP contribution < -0.4 is 9.47 Å². The van der Waals surface area contributed by atoms with Crippen LogP contribution in [0.1, 0.15) is 18.9 Å². The van der Waals surface area contributed by atoms with Crippen molar-refractivity contribution in [3.05, 3.63) is 59.1 Å². The third kappa shape index (κ3) is 4.90. The number of amides is 1. The zero-order valence-corrected chi connectivity index (χ0v) is 14.9. The minimum Gasteiger partial charge on any atom is -0.497 e. The van der Waals surface area contributed by atoms with Crippen molar-refractivity contribution in [1.82, 2.24) is 4.90 Å². The second-order valence-electron chi connectivity index (χ2n) is 5.51. The van der Waals surface area contributed by atoms with Gasteiger partial charge in [0, 0.05) is 18.6 Å². The Morgan fingerprint density at radius 1 is 1.08 bits per heavy atom. The van der Waals surface area contributed by atoms with Crippen molar-refractivity contribution >= 4 is 17.5 Å². The van der Waals surface area contributed by atoms with Crippen molar-refractivity contribution in [2.75, 3.05) is 14.2 Å². The zero-order chi connectivity index (χ0) is 17.5. The maximum atomic E-state index is 12.6. The second kappa shape index (κ2) is 8.60. The van der Waals surface area contributed by atoms with Crippen LogP contribution in [-0.4, -0.2) is 31.1 Å². The smallest absolute Gasteiger partial charge is 0.263 e. The molecule has 128 valence electrons. The fraction of sp³-hybridized carbons (Fsp3) is 0.316. The molecule has 0 heterocycles. The normalized spacial score (nSPS) is 11.7. The quantitative estimate of drug-likeness (QED) is 0.754. The molecular weight excluding hydrogens is 326 g/mol. The van der Waals surface area contributed by atoms with Gasteiger partial charge in [0.15, 0.2) is 6.10 Å². The van der Waals surface area contributed by atoms with Crippen molar-refractivity contribution in [2.45, 2.75) is 26.0 Å². The lowest BCUT2D eigenvalue weighted by atomic mass is 10.2. The molecule has 0 aliphatic carbocycles. The summed E-state index contributed by atoms with van der Waals surface area (Å²) in [7, 11) is 3.41. The van der Waals surface area contributed by atoms with Crippen LogP contribution in [0.4, 0.5) is 0 Å². The number of carbonyl (C=O) groups excluding carboxylic acids is 1. The minimum atomic E-state index is -0.519. The molecule has 0 unspecified atom stereocenters. The van der Waals surface area contributed by atoms with E-state index in [0.717, 1.165) is 11.3 Å². The first kappa shape index (κ1) is 18.1. The number of methoxy groups -OCH3 is 1. The fourth-order valence-corrected chi connectivity index (χ4v) is 2.44. The van der Waals surface area contributed by atoms with Crippen molar-refractivity contribution in [2.24, 2.45) is 0 Å². The molecule has 0 radical (unpaired) electrons. The summed E-state index contributed by atoms with van der Waals surface area (Å²) < 4.78 is 10.9. The Kier molecular flexibility index (Phi) is 6.50. The highest BCUT2D eigenvalue weighted by molar-refractivity contribution is 6.30. The first-order chi connectivity index (χ1) is 11.5. The van der Waals surface area contributed by atoms with Gasteiger partial charge in [-0.05, 0) is 48.4 Å².